The summed E-state index contributed by atoms with van der Waals surface area (Å²) in [4.78, 5) is 14.0. The van der Waals surface area contributed by atoms with Crippen molar-refractivity contribution in [3.05, 3.63) is 95.1 Å². The largest absolute Gasteiger partial charge is 0.497 e. The Morgan fingerprint density at radius 1 is 0.975 bits per heavy atom. The summed E-state index contributed by atoms with van der Waals surface area (Å²) >= 11 is 0. The number of aliphatic hydroxyl groups excluding tert-OH is 2. The second-order valence-electron chi connectivity index (χ2n) is 11.3. The van der Waals surface area contributed by atoms with Gasteiger partial charge in [-0.3, -0.25) is 4.79 Å². The topological polar surface area (TPSA) is 97.3 Å². The molecule has 3 aliphatic carbocycles. The van der Waals surface area contributed by atoms with Gasteiger partial charge < -0.3 is 29.7 Å². The second-order valence-corrected chi connectivity index (χ2v) is 11.3. The quantitative estimate of drug-likeness (QED) is 0.434. The van der Waals surface area contributed by atoms with E-state index >= 15 is 0 Å². The minimum Gasteiger partial charge on any atom is -0.497 e. The van der Waals surface area contributed by atoms with Gasteiger partial charge in [0.15, 0.2) is 12.1 Å². The van der Waals surface area contributed by atoms with Gasteiger partial charge in [0.25, 0.3) is 0 Å². The highest BCUT2D eigenvalue weighted by atomic mass is 16.7. The minimum atomic E-state index is -1.05. The minimum absolute atomic E-state index is 0.0333. The van der Waals surface area contributed by atoms with E-state index in [0.717, 1.165) is 33.0 Å². The highest BCUT2D eigenvalue weighted by Crippen LogP contribution is 2.63. The van der Waals surface area contributed by atoms with E-state index in [1.165, 1.54) is 0 Å². The van der Waals surface area contributed by atoms with E-state index in [1.54, 1.807) is 27.2 Å². The van der Waals surface area contributed by atoms with Gasteiger partial charge in [-0.2, -0.15) is 0 Å². The summed E-state index contributed by atoms with van der Waals surface area (Å²) in [5.41, 5.74) is 3.10. The average molecular weight is 540 g/mol. The molecular weight excluding hydrogens is 506 g/mol. The van der Waals surface area contributed by atoms with Crippen LogP contribution in [-0.4, -0.2) is 60.8 Å². The Morgan fingerprint density at radius 3 is 2.45 bits per heavy atom. The van der Waals surface area contributed by atoms with Gasteiger partial charge in [0.2, 0.25) is 0 Å². The zero-order valence-electron chi connectivity index (χ0n) is 22.7. The number of methoxy groups -OCH3 is 1. The number of benzene rings is 3. The molecule has 7 nitrogen and oxygen atoms in total. The monoisotopic (exact) mass is 539 g/mol. The molecule has 1 saturated heterocycles. The fourth-order valence-electron chi connectivity index (χ4n) is 7.36. The predicted octanol–water partition coefficient (Wildman–Crippen LogP) is 3.78. The molecule has 1 heterocycles. The third-order valence-electron chi connectivity index (χ3n) is 9.38. The lowest BCUT2D eigenvalue weighted by atomic mass is 9.63. The van der Waals surface area contributed by atoms with Crippen molar-refractivity contribution in [3.63, 3.8) is 0 Å². The normalized spacial score (nSPS) is 35.7. The molecule has 7 heteroatoms. The fraction of sp³-hybridized carbons (Fsp3) is 0.364. The number of aliphatic hydroxyl groups is 2. The number of nitrogens with one attached hydrogen (secondary N) is 1. The number of ether oxygens (including phenoxy) is 3. The van der Waals surface area contributed by atoms with Gasteiger partial charge in [-0.25, -0.2) is 0 Å². The van der Waals surface area contributed by atoms with Crippen LogP contribution in [0.4, 0.5) is 0 Å². The first kappa shape index (κ1) is 25.6. The first-order valence-corrected chi connectivity index (χ1v) is 13.8. The summed E-state index contributed by atoms with van der Waals surface area (Å²) in [5, 5.41) is 26.5. The van der Waals surface area contributed by atoms with Crippen LogP contribution in [0.1, 0.15) is 41.2 Å². The molecule has 0 saturated carbocycles. The van der Waals surface area contributed by atoms with Crippen molar-refractivity contribution in [3.8, 4) is 5.75 Å². The van der Waals surface area contributed by atoms with Crippen molar-refractivity contribution >= 4 is 22.6 Å². The van der Waals surface area contributed by atoms with E-state index in [0.29, 0.717) is 5.75 Å². The van der Waals surface area contributed by atoms with Crippen molar-refractivity contribution in [2.24, 2.45) is 5.92 Å². The predicted molar refractivity (Wildman–Crippen MR) is 151 cm³/mol. The maximum atomic E-state index is 14.0. The van der Waals surface area contributed by atoms with Gasteiger partial charge in [0, 0.05) is 11.8 Å². The molecule has 1 aliphatic heterocycles. The van der Waals surface area contributed by atoms with Crippen molar-refractivity contribution in [2.75, 3.05) is 14.2 Å². The molecule has 0 radical (unpaired) electrons. The van der Waals surface area contributed by atoms with Crippen LogP contribution in [-0.2, 0) is 19.7 Å². The molecule has 40 heavy (non-hydrogen) atoms. The molecule has 0 bridgehead atoms. The molecule has 4 aliphatic rings. The number of hydrogen-bond donors (Lipinski definition) is 3. The molecule has 0 unspecified atom stereocenters. The van der Waals surface area contributed by atoms with E-state index in [9.17, 15) is 15.0 Å². The van der Waals surface area contributed by atoms with Gasteiger partial charge in [-0.05, 0) is 71.3 Å². The number of likely N-dealkylation sites (N-methyl/N-ethyl adjacent to an activating group) is 1. The molecule has 1 fully saturated rings. The molecule has 9 atom stereocenters. The Bertz CT molecular complexity index is 1560. The van der Waals surface area contributed by atoms with Gasteiger partial charge >= 0.3 is 0 Å². The number of carbonyl (C=O) groups is 1. The summed E-state index contributed by atoms with van der Waals surface area (Å²) < 4.78 is 18.5. The van der Waals surface area contributed by atoms with Crippen LogP contribution in [0, 0.1) is 5.92 Å². The lowest BCUT2D eigenvalue weighted by molar-refractivity contribution is -0.277. The summed E-state index contributed by atoms with van der Waals surface area (Å²) in [6, 6.07) is 17.9. The smallest absolute Gasteiger partial charge is 0.176 e. The Hall–Kier alpha value is -3.33. The standard InChI is InChI=1S/C33H33NO6/c1-17-29(36)30(37)28(34-2)32(39-17)40-31-22-12-13-33(25-16-21(38-3)10-8-18(25)9-11-26(33)35)27(22)23-14-19-6-4-5-7-20(19)15-24(23)31/h4-17,22,27-32,34,36-37H,1-3H3/t17-,22-,27+,28-,29+,30-,31+,32+,33-/m1/s1. The van der Waals surface area contributed by atoms with Crippen LogP contribution in [0.15, 0.2) is 72.8 Å². The van der Waals surface area contributed by atoms with Crippen LogP contribution < -0.4 is 10.1 Å². The number of fused-ring (bicyclic) bond motifs is 7. The summed E-state index contributed by atoms with van der Waals surface area (Å²) in [6.07, 6.45) is 3.83. The highest BCUT2D eigenvalue weighted by Gasteiger charge is 2.59. The molecule has 206 valence electrons. The van der Waals surface area contributed by atoms with Crippen LogP contribution in [0.25, 0.3) is 16.8 Å². The van der Waals surface area contributed by atoms with E-state index in [-0.39, 0.29) is 17.6 Å². The highest BCUT2D eigenvalue weighted by molar-refractivity contribution is 6.08. The van der Waals surface area contributed by atoms with Crippen molar-refractivity contribution in [1.29, 1.82) is 0 Å². The number of allylic oxidation sites excluding steroid dienone is 2. The van der Waals surface area contributed by atoms with Crippen molar-refractivity contribution in [2.45, 2.75) is 55.0 Å². The maximum absolute atomic E-state index is 14.0. The Balaban J connectivity index is 1.39. The average Bonchev–Trinajstić information content (AvgIpc) is 3.49. The van der Waals surface area contributed by atoms with Crippen LogP contribution in [0.3, 0.4) is 0 Å². The number of rotatable bonds is 4. The van der Waals surface area contributed by atoms with E-state index < -0.39 is 42.2 Å². The zero-order chi connectivity index (χ0) is 27.8. The van der Waals surface area contributed by atoms with Crippen LogP contribution in [0.2, 0.25) is 0 Å². The fourth-order valence-corrected chi connectivity index (χ4v) is 7.36. The molecule has 3 N–H and O–H groups in total. The lowest BCUT2D eigenvalue weighted by Gasteiger charge is -2.43. The summed E-state index contributed by atoms with van der Waals surface area (Å²) in [5.74, 6) is 0.384. The molecule has 0 aromatic heterocycles. The molecule has 1 spiro atoms. The Labute approximate surface area is 233 Å². The summed E-state index contributed by atoms with van der Waals surface area (Å²) in [7, 11) is 3.36. The maximum Gasteiger partial charge on any atom is 0.176 e. The van der Waals surface area contributed by atoms with Crippen molar-refractivity contribution in [1.82, 2.24) is 5.32 Å². The van der Waals surface area contributed by atoms with E-state index in [4.69, 9.17) is 14.2 Å². The van der Waals surface area contributed by atoms with E-state index in [1.807, 2.05) is 36.4 Å². The molecule has 3 aromatic carbocycles. The molecule has 7 rings (SSSR count). The first-order chi connectivity index (χ1) is 19.4. The first-order valence-electron chi connectivity index (χ1n) is 13.8. The lowest BCUT2D eigenvalue weighted by Crippen LogP contribution is -2.62. The second kappa shape index (κ2) is 9.36. The van der Waals surface area contributed by atoms with Crippen molar-refractivity contribution < 1.29 is 29.2 Å². The Kier molecular flexibility index (Phi) is 6.00. The van der Waals surface area contributed by atoms with E-state index in [2.05, 4.69) is 41.7 Å². The van der Waals surface area contributed by atoms with Gasteiger partial charge in [0.1, 0.15) is 18.0 Å². The van der Waals surface area contributed by atoms with Gasteiger partial charge in [0.05, 0.1) is 30.8 Å². The summed E-state index contributed by atoms with van der Waals surface area (Å²) in [6.45, 7) is 1.73. The zero-order valence-corrected chi connectivity index (χ0v) is 22.7. The molecule has 0 amide bonds. The van der Waals surface area contributed by atoms with Crippen LogP contribution >= 0.6 is 0 Å². The Morgan fingerprint density at radius 2 is 1.73 bits per heavy atom. The number of hydrogen-bond acceptors (Lipinski definition) is 7. The molecule has 3 aromatic rings. The number of ketones is 1. The molecular formula is C33H33NO6. The van der Waals surface area contributed by atoms with Crippen LogP contribution in [0.5, 0.6) is 5.75 Å². The van der Waals surface area contributed by atoms with Gasteiger partial charge in [-0.1, -0.05) is 54.6 Å². The number of carbonyl (C=O) groups excluding carboxylic acids is 1. The third kappa shape index (κ3) is 3.52. The van der Waals surface area contributed by atoms with Gasteiger partial charge in [-0.15, -0.1) is 0 Å². The third-order valence-corrected chi connectivity index (χ3v) is 9.38. The SMILES string of the molecule is CN[C@H]1[C@H](O[C@@H]2c3cc4ccccc4cc3[C@@H]3[C@H]2C=C[C@@]32C(=O)C=Cc3ccc(OC)cc32)O[C@H](C)[C@H](O)[C@@H]1O.